The van der Waals surface area contributed by atoms with E-state index in [2.05, 4.69) is 25.9 Å². The predicted molar refractivity (Wildman–Crippen MR) is 129 cm³/mol. The summed E-state index contributed by atoms with van der Waals surface area (Å²) in [5.41, 5.74) is 0.902. The molecule has 9 nitrogen and oxygen atoms in total. The van der Waals surface area contributed by atoms with E-state index in [1.165, 1.54) is 11.8 Å². The molecule has 0 bridgehead atoms. The van der Waals surface area contributed by atoms with Crippen molar-refractivity contribution < 1.29 is 9.59 Å². The Morgan fingerprint density at radius 3 is 2.71 bits per heavy atom. The maximum absolute atomic E-state index is 12.9. The normalized spacial score (nSPS) is 15.6. The molecule has 34 heavy (non-hydrogen) atoms. The average Bonchev–Trinajstić information content (AvgIpc) is 3.71. The van der Waals surface area contributed by atoms with E-state index < -0.39 is 0 Å². The molecule has 2 aromatic heterocycles. The zero-order valence-corrected chi connectivity index (χ0v) is 20.3. The number of thioether (sulfide) groups is 1. The van der Waals surface area contributed by atoms with Gasteiger partial charge >= 0.3 is 0 Å². The van der Waals surface area contributed by atoms with Crippen molar-refractivity contribution in [2.45, 2.75) is 31.0 Å². The zero-order valence-electron chi connectivity index (χ0n) is 18.8. The Bertz CT molecular complexity index is 1050. The fraction of sp³-hybridized carbons (Fsp3) is 0.478. The van der Waals surface area contributed by atoms with E-state index in [-0.39, 0.29) is 29.9 Å². The van der Waals surface area contributed by atoms with Gasteiger partial charge in [-0.25, -0.2) is 9.97 Å². The molecule has 0 atom stereocenters. The Hall–Kier alpha value is -2.90. The Morgan fingerprint density at radius 1 is 1.24 bits per heavy atom. The molecule has 1 saturated heterocycles. The summed E-state index contributed by atoms with van der Waals surface area (Å²) in [6.45, 7) is 3.43. The van der Waals surface area contributed by atoms with Crippen LogP contribution in [0.3, 0.4) is 0 Å². The van der Waals surface area contributed by atoms with Gasteiger partial charge in [-0.3, -0.25) is 14.6 Å². The van der Waals surface area contributed by atoms with Gasteiger partial charge in [0.15, 0.2) is 5.16 Å². The number of halogens is 1. The lowest BCUT2D eigenvalue weighted by molar-refractivity contribution is -0.133. The minimum absolute atomic E-state index is 0.110. The monoisotopic (exact) mass is 499 g/mol. The van der Waals surface area contributed by atoms with Crippen molar-refractivity contribution in [2.75, 3.05) is 43.4 Å². The van der Waals surface area contributed by atoms with Gasteiger partial charge in [0.25, 0.3) is 0 Å². The Labute approximate surface area is 208 Å². The van der Waals surface area contributed by atoms with Gasteiger partial charge in [-0.2, -0.15) is 5.26 Å². The predicted octanol–water partition coefficient (Wildman–Crippen LogP) is 2.62. The fourth-order valence-electron chi connectivity index (χ4n) is 3.76. The third-order valence-corrected chi connectivity index (χ3v) is 6.80. The highest BCUT2D eigenvalue weighted by Crippen LogP contribution is 2.31. The second-order valence-corrected chi connectivity index (χ2v) is 9.62. The molecule has 2 aliphatic rings. The third kappa shape index (κ3) is 6.58. The maximum atomic E-state index is 12.9. The van der Waals surface area contributed by atoms with Crippen LogP contribution in [0.25, 0.3) is 0 Å². The third-order valence-electron chi connectivity index (χ3n) is 5.77. The highest BCUT2D eigenvalue weighted by molar-refractivity contribution is 7.99. The first kappa shape index (κ1) is 24.2. The molecular weight excluding hydrogens is 474 g/mol. The van der Waals surface area contributed by atoms with Crippen molar-refractivity contribution in [3.8, 4) is 6.07 Å². The molecule has 178 valence electrons. The molecule has 1 aliphatic carbocycles. The molecule has 2 fully saturated rings. The Kier molecular flexibility index (Phi) is 8.19. The second kappa shape index (κ2) is 11.5. The molecule has 0 unspecified atom stereocenters. The van der Waals surface area contributed by atoms with Gasteiger partial charge in [0, 0.05) is 63.6 Å². The molecule has 1 saturated carbocycles. The first-order valence-corrected chi connectivity index (χ1v) is 12.6. The molecular formula is C23H26ClN7O2S. The summed E-state index contributed by atoms with van der Waals surface area (Å²) >= 11 is 7.48. The lowest BCUT2D eigenvalue weighted by atomic mass is 10.2. The van der Waals surface area contributed by atoms with E-state index in [9.17, 15) is 9.59 Å². The quantitative estimate of drug-likeness (QED) is 0.294. The molecule has 2 amide bonds. The number of piperazine rings is 1. The number of rotatable bonds is 9. The standard InChI is InChI=1S/C23H26ClN7O2S/c24-19-13-20(29-9-11-30(12-10-29)22(33)18-4-5-18)28-23(27-19)34-16-21(32)31(8-2-6-25)15-17-3-1-7-26-14-17/h1,3,7,13-14,18H,2,4-5,8-12,15-16H2. The lowest BCUT2D eigenvalue weighted by Crippen LogP contribution is -2.49. The second-order valence-electron chi connectivity index (χ2n) is 8.29. The largest absolute Gasteiger partial charge is 0.353 e. The Balaban J connectivity index is 1.35. The van der Waals surface area contributed by atoms with Gasteiger partial charge in [0.05, 0.1) is 18.2 Å². The highest BCUT2D eigenvalue weighted by Gasteiger charge is 2.34. The number of aromatic nitrogens is 3. The molecule has 4 rings (SSSR count). The van der Waals surface area contributed by atoms with Crippen molar-refractivity contribution in [3.63, 3.8) is 0 Å². The number of carbonyl (C=O) groups is 2. The van der Waals surface area contributed by atoms with Gasteiger partial charge in [-0.1, -0.05) is 29.4 Å². The first-order valence-electron chi connectivity index (χ1n) is 11.3. The van der Waals surface area contributed by atoms with E-state index in [1.54, 1.807) is 23.4 Å². The van der Waals surface area contributed by atoms with Crippen LogP contribution >= 0.6 is 23.4 Å². The van der Waals surface area contributed by atoms with Crippen molar-refractivity contribution >= 4 is 41.0 Å². The van der Waals surface area contributed by atoms with E-state index in [0.717, 1.165) is 18.4 Å². The summed E-state index contributed by atoms with van der Waals surface area (Å²) in [6, 6.07) is 7.53. The topological polar surface area (TPSA) is 106 Å². The van der Waals surface area contributed by atoms with Crippen LogP contribution < -0.4 is 4.90 Å². The van der Waals surface area contributed by atoms with E-state index in [0.29, 0.717) is 55.4 Å². The van der Waals surface area contributed by atoms with Crippen LogP contribution in [0, 0.1) is 17.2 Å². The van der Waals surface area contributed by atoms with Crippen molar-refractivity contribution in [1.82, 2.24) is 24.8 Å². The van der Waals surface area contributed by atoms with Crippen LogP contribution in [-0.2, 0) is 16.1 Å². The number of carbonyl (C=O) groups excluding carboxylic acids is 2. The maximum Gasteiger partial charge on any atom is 0.233 e. The summed E-state index contributed by atoms with van der Waals surface area (Å²) < 4.78 is 0. The molecule has 0 aromatic carbocycles. The van der Waals surface area contributed by atoms with Gasteiger partial charge in [-0.05, 0) is 24.5 Å². The van der Waals surface area contributed by atoms with Crippen LogP contribution in [0.1, 0.15) is 24.8 Å². The smallest absolute Gasteiger partial charge is 0.233 e. The number of hydrogen-bond acceptors (Lipinski definition) is 8. The molecule has 3 heterocycles. The summed E-state index contributed by atoms with van der Waals surface area (Å²) in [4.78, 5) is 43.8. The Morgan fingerprint density at radius 2 is 2.03 bits per heavy atom. The van der Waals surface area contributed by atoms with Crippen LogP contribution in [0.4, 0.5) is 5.82 Å². The van der Waals surface area contributed by atoms with Crippen LogP contribution in [0.5, 0.6) is 0 Å². The lowest BCUT2D eigenvalue weighted by Gasteiger charge is -2.35. The van der Waals surface area contributed by atoms with E-state index in [4.69, 9.17) is 16.9 Å². The number of anilines is 1. The number of amides is 2. The first-order chi connectivity index (χ1) is 16.5. The van der Waals surface area contributed by atoms with Crippen molar-refractivity contribution in [2.24, 2.45) is 5.92 Å². The zero-order chi connectivity index (χ0) is 23.9. The highest BCUT2D eigenvalue weighted by atomic mass is 35.5. The summed E-state index contributed by atoms with van der Waals surface area (Å²) in [5.74, 6) is 1.22. The minimum Gasteiger partial charge on any atom is -0.353 e. The average molecular weight is 500 g/mol. The van der Waals surface area contributed by atoms with Crippen LogP contribution in [0.2, 0.25) is 5.15 Å². The summed E-state index contributed by atoms with van der Waals surface area (Å²) in [5, 5.41) is 9.70. The van der Waals surface area contributed by atoms with Gasteiger partial charge in [0.2, 0.25) is 11.8 Å². The molecule has 0 radical (unpaired) electrons. The molecule has 11 heteroatoms. The number of pyridine rings is 1. The van der Waals surface area contributed by atoms with E-state index in [1.807, 2.05) is 17.0 Å². The molecule has 0 spiro atoms. The van der Waals surface area contributed by atoms with Gasteiger partial charge in [-0.15, -0.1) is 0 Å². The number of nitriles is 1. The minimum atomic E-state index is -0.110. The summed E-state index contributed by atoms with van der Waals surface area (Å²) in [6.07, 6.45) is 5.67. The van der Waals surface area contributed by atoms with E-state index >= 15 is 0 Å². The SMILES string of the molecule is N#CCCN(Cc1cccnc1)C(=O)CSc1nc(Cl)cc(N2CCN(C(=O)C3CC3)CC2)n1. The fourth-order valence-corrected chi connectivity index (χ4v) is 4.75. The molecule has 0 N–H and O–H groups in total. The molecule has 1 aliphatic heterocycles. The van der Waals surface area contributed by atoms with Crippen molar-refractivity contribution in [3.05, 3.63) is 41.3 Å². The van der Waals surface area contributed by atoms with Gasteiger partial charge in [0.1, 0.15) is 11.0 Å². The van der Waals surface area contributed by atoms with Crippen molar-refractivity contribution in [1.29, 1.82) is 5.26 Å². The summed E-state index contributed by atoms with van der Waals surface area (Å²) in [7, 11) is 0. The number of hydrogen-bond donors (Lipinski definition) is 0. The molecule has 2 aromatic rings. The van der Waals surface area contributed by atoms with Gasteiger partial charge < -0.3 is 14.7 Å². The van der Waals surface area contributed by atoms with Crippen LogP contribution in [0.15, 0.2) is 35.7 Å². The number of nitrogens with zero attached hydrogens (tertiary/aromatic N) is 7. The van der Waals surface area contributed by atoms with Crippen LogP contribution in [-0.4, -0.2) is 75.0 Å².